The fourth-order valence-electron chi connectivity index (χ4n) is 2.34. The van der Waals surface area contributed by atoms with Gasteiger partial charge in [0.1, 0.15) is 0 Å². The summed E-state index contributed by atoms with van der Waals surface area (Å²) in [5.41, 5.74) is 0.470. The Balaban J connectivity index is 0.000000847. The molecular weight excluding hydrogens is 280 g/mol. The van der Waals surface area contributed by atoms with Crippen LogP contribution in [0.4, 0.5) is 0 Å². The van der Waals surface area contributed by atoms with Crippen LogP contribution in [-0.2, 0) is 0 Å². The van der Waals surface area contributed by atoms with Crippen LogP contribution >= 0.6 is 0 Å². The second-order valence-electron chi connectivity index (χ2n) is 4.55. The number of fused-ring (bicyclic) bond motifs is 3. The van der Waals surface area contributed by atoms with E-state index in [1.54, 1.807) is 48.5 Å². The van der Waals surface area contributed by atoms with Crippen LogP contribution in [0, 0.1) is 0 Å². The molecule has 112 valence electrons. The van der Waals surface area contributed by atoms with Gasteiger partial charge < -0.3 is 10.2 Å². The van der Waals surface area contributed by atoms with Crippen molar-refractivity contribution in [1.82, 2.24) is 0 Å². The highest BCUT2D eigenvalue weighted by Crippen LogP contribution is 2.27. The summed E-state index contributed by atoms with van der Waals surface area (Å²) in [4.78, 5) is 21.9. The van der Waals surface area contributed by atoms with E-state index in [1.807, 2.05) is 13.8 Å². The minimum Gasteiger partial charge on any atom is -0.478 e. The Morgan fingerprint density at radius 3 is 1.36 bits per heavy atom. The van der Waals surface area contributed by atoms with Crippen LogP contribution in [0.2, 0.25) is 0 Å². The van der Waals surface area contributed by atoms with Crippen LogP contribution in [0.3, 0.4) is 0 Å². The second-order valence-corrected chi connectivity index (χ2v) is 4.55. The maximum atomic E-state index is 11.0. The van der Waals surface area contributed by atoms with Gasteiger partial charge in [0.25, 0.3) is 0 Å². The highest BCUT2D eigenvalue weighted by Gasteiger charge is 2.08. The topological polar surface area (TPSA) is 74.6 Å². The lowest BCUT2D eigenvalue weighted by Crippen LogP contribution is -1.96. The first-order chi connectivity index (χ1) is 10.6. The fourth-order valence-corrected chi connectivity index (χ4v) is 2.34. The molecule has 0 saturated carbocycles. The lowest BCUT2D eigenvalue weighted by molar-refractivity contribution is 0.0686. The summed E-state index contributed by atoms with van der Waals surface area (Å²) in [7, 11) is 0. The van der Waals surface area contributed by atoms with Crippen molar-refractivity contribution in [2.24, 2.45) is 0 Å². The summed E-state index contributed by atoms with van der Waals surface area (Å²) in [6.07, 6.45) is 0. The van der Waals surface area contributed by atoms with E-state index in [0.29, 0.717) is 0 Å². The molecule has 4 heteroatoms. The first-order valence-corrected chi connectivity index (χ1v) is 6.99. The van der Waals surface area contributed by atoms with Gasteiger partial charge in [0.15, 0.2) is 0 Å². The molecule has 0 aliphatic rings. The molecule has 0 fully saturated rings. The zero-order chi connectivity index (χ0) is 16.3. The Hall–Kier alpha value is -2.88. The Bertz CT molecular complexity index is 793. The molecule has 0 bridgehead atoms. The summed E-state index contributed by atoms with van der Waals surface area (Å²) < 4.78 is 0. The summed E-state index contributed by atoms with van der Waals surface area (Å²) in [5.74, 6) is -1.93. The van der Waals surface area contributed by atoms with Crippen LogP contribution in [0.1, 0.15) is 34.6 Å². The normalized spacial score (nSPS) is 10.1. The summed E-state index contributed by atoms with van der Waals surface area (Å²) in [6.45, 7) is 4.00. The fraction of sp³-hybridized carbons (Fsp3) is 0.111. The maximum Gasteiger partial charge on any atom is 0.335 e. The van der Waals surface area contributed by atoms with Gasteiger partial charge in [-0.25, -0.2) is 9.59 Å². The van der Waals surface area contributed by atoms with E-state index in [9.17, 15) is 9.59 Å². The van der Waals surface area contributed by atoms with Gasteiger partial charge in [-0.15, -0.1) is 0 Å². The number of aromatic carboxylic acids is 2. The quantitative estimate of drug-likeness (QED) is 0.687. The van der Waals surface area contributed by atoms with Crippen molar-refractivity contribution in [1.29, 1.82) is 0 Å². The summed E-state index contributed by atoms with van der Waals surface area (Å²) in [6, 6.07) is 13.4. The molecule has 0 amide bonds. The van der Waals surface area contributed by atoms with E-state index in [2.05, 4.69) is 0 Å². The number of carboxylic acids is 2. The van der Waals surface area contributed by atoms with Crippen molar-refractivity contribution in [3.05, 3.63) is 59.7 Å². The Morgan fingerprint density at radius 2 is 1.05 bits per heavy atom. The molecule has 0 heterocycles. The molecule has 0 saturated heterocycles. The first kappa shape index (κ1) is 15.5. The van der Waals surface area contributed by atoms with Gasteiger partial charge in [-0.05, 0) is 45.8 Å². The monoisotopic (exact) mass is 296 g/mol. The van der Waals surface area contributed by atoms with Gasteiger partial charge in [-0.2, -0.15) is 0 Å². The van der Waals surface area contributed by atoms with E-state index in [4.69, 9.17) is 10.2 Å². The van der Waals surface area contributed by atoms with Gasteiger partial charge in [0.2, 0.25) is 0 Å². The second kappa shape index (κ2) is 6.26. The molecule has 4 nitrogen and oxygen atoms in total. The molecule has 3 aromatic carbocycles. The van der Waals surface area contributed by atoms with Crippen molar-refractivity contribution in [2.45, 2.75) is 13.8 Å². The number of hydrogen-bond acceptors (Lipinski definition) is 2. The predicted molar refractivity (Wildman–Crippen MR) is 86.7 cm³/mol. The van der Waals surface area contributed by atoms with Gasteiger partial charge in [0.05, 0.1) is 11.1 Å². The molecule has 0 spiro atoms. The molecule has 0 radical (unpaired) electrons. The smallest absolute Gasteiger partial charge is 0.335 e. The van der Waals surface area contributed by atoms with Crippen LogP contribution in [0.25, 0.3) is 21.5 Å². The van der Waals surface area contributed by atoms with Gasteiger partial charge in [0, 0.05) is 0 Å². The van der Waals surface area contributed by atoms with Crippen molar-refractivity contribution < 1.29 is 19.8 Å². The van der Waals surface area contributed by atoms with Crippen molar-refractivity contribution in [3.63, 3.8) is 0 Å². The lowest BCUT2D eigenvalue weighted by atomic mass is 9.99. The molecule has 0 aliphatic heterocycles. The maximum absolute atomic E-state index is 11.0. The Kier molecular flexibility index (Phi) is 4.41. The standard InChI is InChI=1S/C16H10O4.C2H6/c17-15(18)11-3-5-13-9(7-11)1-2-10-8-12(16(19)20)4-6-14(10)13;1-2/h1-8H,(H,17,18)(H,19,20);1-2H3. The highest BCUT2D eigenvalue weighted by molar-refractivity contribution is 6.10. The van der Waals surface area contributed by atoms with E-state index in [1.165, 1.54) is 0 Å². The van der Waals surface area contributed by atoms with Crippen molar-refractivity contribution in [3.8, 4) is 0 Å². The number of rotatable bonds is 2. The first-order valence-electron chi connectivity index (χ1n) is 6.99. The number of carbonyl (C=O) groups is 2. The zero-order valence-corrected chi connectivity index (χ0v) is 12.3. The SMILES string of the molecule is CC.O=C(O)c1ccc2c(ccc3cc(C(=O)O)ccc32)c1. The van der Waals surface area contributed by atoms with Crippen LogP contribution < -0.4 is 0 Å². The molecule has 3 aromatic rings. The minimum atomic E-state index is -0.965. The van der Waals surface area contributed by atoms with E-state index < -0.39 is 11.9 Å². The van der Waals surface area contributed by atoms with Gasteiger partial charge in [-0.3, -0.25) is 0 Å². The lowest BCUT2D eigenvalue weighted by Gasteiger charge is -2.06. The Morgan fingerprint density at radius 1 is 0.682 bits per heavy atom. The van der Waals surface area contributed by atoms with E-state index >= 15 is 0 Å². The molecule has 2 N–H and O–H groups in total. The molecule has 0 aliphatic carbocycles. The third-order valence-electron chi connectivity index (χ3n) is 3.33. The average molecular weight is 296 g/mol. The Labute approximate surface area is 127 Å². The third-order valence-corrected chi connectivity index (χ3v) is 3.33. The molecule has 22 heavy (non-hydrogen) atoms. The van der Waals surface area contributed by atoms with Crippen molar-refractivity contribution >= 4 is 33.5 Å². The predicted octanol–water partition coefficient (Wildman–Crippen LogP) is 4.42. The number of carboxylic acid groups (broad SMARTS) is 2. The number of benzene rings is 3. The molecule has 0 unspecified atom stereocenters. The number of hydrogen-bond donors (Lipinski definition) is 2. The molecule has 0 aromatic heterocycles. The van der Waals surface area contributed by atoms with Gasteiger partial charge >= 0.3 is 11.9 Å². The van der Waals surface area contributed by atoms with Crippen molar-refractivity contribution in [2.75, 3.05) is 0 Å². The van der Waals surface area contributed by atoms with E-state index in [0.717, 1.165) is 21.5 Å². The molecule has 0 atom stereocenters. The van der Waals surface area contributed by atoms with Gasteiger partial charge in [-0.1, -0.05) is 38.1 Å². The molecular formula is C18H16O4. The molecule has 3 rings (SSSR count). The third kappa shape index (κ3) is 2.76. The van der Waals surface area contributed by atoms with E-state index in [-0.39, 0.29) is 11.1 Å². The average Bonchev–Trinajstić information content (AvgIpc) is 2.55. The zero-order valence-electron chi connectivity index (χ0n) is 12.3. The van der Waals surface area contributed by atoms with Crippen LogP contribution in [0.15, 0.2) is 48.5 Å². The summed E-state index contributed by atoms with van der Waals surface area (Å²) in [5, 5.41) is 21.4. The highest BCUT2D eigenvalue weighted by atomic mass is 16.4. The minimum absolute atomic E-state index is 0.235. The van der Waals surface area contributed by atoms with Crippen LogP contribution in [0.5, 0.6) is 0 Å². The largest absolute Gasteiger partial charge is 0.478 e. The summed E-state index contributed by atoms with van der Waals surface area (Å²) >= 11 is 0. The van der Waals surface area contributed by atoms with Crippen LogP contribution in [-0.4, -0.2) is 22.2 Å².